The van der Waals surface area contributed by atoms with Crippen LogP contribution < -0.4 is 4.74 Å². The molecule has 0 aliphatic heterocycles. The fourth-order valence-electron chi connectivity index (χ4n) is 1.41. The molecule has 2 aromatic carbocycles. The normalized spacial score (nSPS) is 10.4. The number of rotatable bonds is 3. The van der Waals surface area contributed by atoms with Crippen molar-refractivity contribution in [3.8, 4) is 11.5 Å². The zero-order valence-electron chi connectivity index (χ0n) is 9.09. The highest BCUT2D eigenvalue weighted by atomic mass is 35.5. The maximum absolute atomic E-state index is 13.4. The molecule has 0 amide bonds. The summed E-state index contributed by atoms with van der Waals surface area (Å²) < 4.78 is 31.6. The van der Waals surface area contributed by atoms with Gasteiger partial charge in [0.05, 0.1) is 5.88 Å². The van der Waals surface area contributed by atoms with Crippen molar-refractivity contribution in [2.45, 2.75) is 5.88 Å². The molecule has 18 heavy (non-hydrogen) atoms. The van der Waals surface area contributed by atoms with Crippen LogP contribution in [-0.2, 0) is 5.88 Å². The second-order valence-electron chi connectivity index (χ2n) is 3.56. The first-order valence-electron chi connectivity index (χ1n) is 5.07. The Balaban J connectivity index is 2.36. The number of hydrogen-bond acceptors (Lipinski definition) is 1. The molecular weight excluding hydrogens is 281 g/mol. The van der Waals surface area contributed by atoms with E-state index in [-0.39, 0.29) is 11.6 Å². The first-order valence-corrected chi connectivity index (χ1v) is 5.98. The molecule has 5 heteroatoms. The van der Waals surface area contributed by atoms with Crippen molar-refractivity contribution < 1.29 is 13.5 Å². The summed E-state index contributed by atoms with van der Waals surface area (Å²) in [5.41, 5.74) is 0.671. The summed E-state index contributed by atoms with van der Waals surface area (Å²) in [5, 5.41) is 0.446. The molecule has 0 atom stereocenters. The van der Waals surface area contributed by atoms with E-state index in [2.05, 4.69) is 0 Å². The second kappa shape index (κ2) is 5.55. The van der Waals surface area contributed by atoms with E-state index in [9.17, 15) is 8.78 Å². The van der Waals surface area contributed by atoms with Gasteiger partial charge >= 0.3 is 0 Å². The molecule has 0 aliphatic rings. The van der Waals surface area contributed by atoms with E-state index < -0.39 is 11.6 Å². The lowest BCUT2D eigenvalue weighted by atomic mass is 10.2. The zero-order chi connectivity index (χ0) is 13.1. The molecule has 2 aromatic rings. The molecule has 0 heterocycles. The third-order valence-electron chi connectivity index (χ3n) is 2.29. The molecule has 0 fully saturated rings. The van der Waals surface area contributed by atoms with Crippen molar-refractivity contribution in [1.82, 2.24) is 0 Å². The van der Waals surface area contributed by atoms with Gasteiger partial charge in [0.25, 0.3) is 0 Å². The van der Waals surface area contributed by atoms with Crippen LogP contribution in [0.1, 0.15) is 5.56 Å². The van der Waals surface area contributed by atoms with Gasteiger partial charge in [-0.25, -0.2) is 8.78 Å². The minimum absolute atomic E-state index is 0.0787. The summed E-state index contributed by atoms with van der Waals surface area (Å²) in [5.74, 6) is -0.970. The zero-order valence-corrected chi connectivity index (χ0v) is 10.6. The number of halogens is 4. The topological polar surface area (TPSA) is 9.23 Å². The molecule has 0 saturated heterocycles. The van der Waals surface area contributed by atoms with Crippen LogP contribution in [0.15, 0.2) is 36.4 Å². The smallest absolute Gasteiger partial charge is 0.168 e. The standard InChI is InChI=1S/C13H8Cl2F2O/c14-7-8-1-2-9(15)5-13(8)18-12-4-3-10(16)6-11(12)17/h1-6H,7H2. The Hall–Kier alpha value is -1.32. The summed E-state index contributed by atoms with van der Waals surface area (Å²) in [7, 11) is 0. The van der Waals surface area contributed by atoms with E-state index in [1.807, 2.05) is 0 Å². The highest BCUT2D eigenvalue weighted by Crippen LogP contribution is 2.31. The van der Waals surface area contributed by atoms with Crippen molar-refractivity contribution in [3.05, 3.63) is 58.6 Å². The second-order valence-corrected chi connectivity index (χ2v) is 4.27. The predicted octanol–water partition coefficient (Wildman–Crippen LogP) is 5.15. The van der Waals surface area contributed by atoms with E-state index >= 15 is 0 Å². The van der Waals surface area contributed by atoms with E-state index in [0.29, 0.717) is 16.3 Å². The predicted molar refractivity (Wildman–Crippen MR) is 67.4 cm³/mol. The lowest BCUT2D eigenvalue weighted by Crippen LogP contribution is -1.93. The Morgan fingerprint density at radius 2 is 1.78 bits per heavy atom. The van der Waals surface area contributed by atoms with E-state index in [0.717, 1.165) is 12.1 Å². The molecule has 0 radical (unpaired) electrons. The largest absolute Gasteiger partial charge is 0.454 e. The summed E-state index contributed by atoms with van der Waals surface area (Å²) in [6, 6.07) is 7.95. The monoisotopic (exact) mass is 288 g/mol. The molecule has 0 saturated carbocycles. The van der Waals surface area contributed by atoms with Crippen molar-refractivity contribution in [2.24, 2.45) is 0 Å². The third-order valence-corrected chi connectivity index (χ3v) is 2.81. The van der Waals surface area contributed by atoms with Crippen LogP contribution in [0.25, 0.3) is 0 Å². The Morgan fingerprint density at radius 1 is 1.00 bits per heavy atom. The molecule has 0 N–H and O–H groups in total. The quantitative estimate of drug-likeness (QED) is 0.710. The third kappa shape index (κ3) is 2.92. The van der Waals surface area contributed by atoms with Gasteiger partial charge in [-0.05, 0) is 24.3 Å². The summed E-state index contributed by atoms with van der Waals surface area (Å²) in [4.78, 5) is 0. The van der Waals surface area contributed by atoms with Crippen LogP contribution in [0.4, 0.5) is 8.78 Å². The van der Waals surface area contributed by atoms with Crippen LogP contribution in [0.3, 0.4) is 0 Å². The first-order chi connectivity index (χ1) is 8.60. The lowest BCUT2D eigenvalue weighted by Gasteiger charge is -2.10. The van der Waals surface area contributed by atoms with E-state index in [4.69, 9.17) is 27.9 Å². The van der Waals surface area contributed by atoms with Gasteiger partial charge in [0.2, 0.25) is 0 Å². The number of ether oxygens (including phenoxy) is 1. The Labute approximate surface area is 113 Å². The Kier molecular flexibility index (Phi) is 4.04. The number of hydrogen-bond donors (Lipinski definition) is 0. The average Bonchev–Trinajstić information content (AvgIpc) is 2.33. The number of alkyl halides is 1. The van der Waals surface area contributed by atoms with Crippen molar-refractivity contribution in [3.63, 3.8) is 0 Å². The molecule has 0 aliphatic carbocycles. The van der Waals surface area contributed by atoms with Gasteiger partial charge < -0.3 is 4.74 Å². The molecule has 1 nitrogen and oxygen atoms in total. The molecule has 94 valence electrons. The highest BCUT2D eigenvalue weighted by molar-refractivity contribution is 6.30. The van der Waals surface area contributed by atoms with E-state index in [1.54, 1.807) is 12.1 Å². The lowest BCUT2D eigenvalue weighted by molar-refractivity contribution is 0.435. The summed E-state index contributed by atoms with van der Waals surface area (Å²) >= 11 is 11.6. The van der Waals surface area contributed by atoms with Crippen LogP contribution in [-0.4, -0.2) is 0 Å². The van der Waals surface area contributed by atoms with Crippen LogP contribution in [0, 0.1) is 11.6 Å². The summed E-state index contributed by atoms with van der Waals surface area (Å²) in [6.45, 7) is 0. The van der Waals surface area contributed by atoms with Crippen LogP contribution in [0.2, 0.25) is 5.02 Å². The van der Waals surface area contributed by atoms with Gasteiger partial charge in [-0.15, -0.1) is 11.6 Å². The maximum Gasteiger partial charge on any atom is 0.168 e. The van der Waals surface area contributed by atoms with Crippen molar-refractivity contribution >= 4 is 23.2 Å². The minimum atomic E-state index is -0.782. The van der Waals surface area contributed by atoms with Gasteiger partial charge in [0.1, 0.15) is 11.6 Å². The van der Waals surface area contributed by atoms with Crippen molar-refractivity contribution in [1.29, 1.82) is 0 Å². The Bertz CT molecular complexity index is 573. The SMILES string of the molecule is Fc1ccc(Oc2cc(Cl)ccc2CCl)c(F)c1. The van der Waals surface area contributed by atoms with Crippen LogP contribution >= 0.6 is 23.2 Å². The fraction of sp³-hybridized carbons (Fsp3) is 0.0769. The van der Waals surface area contributed by atoms with E-state index in [1.165, 1.54) is 12.1 Å². The molecule has 0 bridgehead atoms. The molecule has 0 aromatic heterocycles. The fourth-order valence-corrected chi connectivity index (χ4v) is 1.79. The van der Waals surface area contributed by atoms with Gasteiger partial charge in [-0.2, -0.15) is 0 Å². The molecule has 2 rings (SSSR count). The minimum Gasteiger partial charge on any atom is -0.454 e. The highest BCUT2D eigenvalue weighted by Gasteiger charge is 2.09. The van der Waals surface area contributed by atoms with Gasteiger partial charge in [-0.1, -0.05) is 17.7 Å². The van der Waals surface area contributed by atoms with Gasteiger partial charge in [0.15, 0.2) is 11.6 Å². The molecule has 0 spiro atoms. The first kappa shape index (κ1) is 13.1. The maximum atomic E-state index is 13.4. The number of benzene rings is 2. The van der Waals surface area contributed by atoms with Crippen LogP contribution in [0.5, 0.6) is 11.5 Å². The molecule has 0 unspecified atom stereocenters. The van der Waals surface area contributed by atoms with Crippen molar-refractivity contribution in [2.75, 3.05) is 0 Å². The summed E-state index contributed by atoms with van der Waals surface area (Å²) in [6.07, 6.45) is 0. The van der Waals surface area contributed by atoms with Gasteiger partial charge in [0, 0.05) is 16.7 Å². The molecular formula is C13H8Cl2F2O. The Morgan fingerprint density at radius 3 is 2.44 bits per heavy atom. The average molecular weight is 289 g/mol. The van der Waals surface area contributed by atoms with Gasteiger partial charge in [-0.3, -0.25) is 0 Å².